The summed E-state index contributed by atoms with van der Waals surface area (Å²) < 4.78 is 53.0. The average molecular weight is 297 g/mol. The van der Waals surface area contributed by atoms with Gasteiger partial charge in [-0.05, 0) is 32.0 Å². The highest BCUT2D eigenvalue weighted by Crippen LogP contribution is 2.23. The first-order chi connectivity index (χ1) is 9.29. The molecule has 0 fully saturated rings. The van der Waals surface area contributed by atoms with Crippen LogP contribution in [0.4, 0.5) is 14.5 Å². The Morgan fingerprint density at radius 3 is 2.20 bits per heavy atom. The lowest BCUT2D eigenvalue weighted by molar-refractivity contribution is 0.578. The van der Waals surface area contributed by atoms with E-state index in [0.717, 1.165) is 11.6 Å². The zero-order valence-corrected chi connectivity index (χ0v) is 11.8. The number of rotatable bonds is 3. The summed E-state index contributed by atoms with van der Waals surface area (Å²) in [5.74, 6) is -1.64. The summed E-state index contributed by atoms with van der Waals surface area (Å²) in [7, 11) is -3.87. The predicted octanol–water partition coefficient (Wildman–Crippen LogP) is 3.38. The van der Waals surface area contributed by atoms with Gasteiger partial charge in [0.25, 0.3) is 10.0 Å². The lowest BCUT2D eigenvalue weighted by Crippen LogP contribution is -2.14. The van der Waals surface area contributed by atoms with Crippen molar-refractivity contribution >= 4 is 15.7 Å². The fraction of sp³-hybridized carbons (Fsp3) is 0.143. The topological polar surface area (TPSA) is 46.2 Å². The standard InChI is InChI=1S/C14H13F2NO2S/c1-9-3-5-12(6-4-9)20(18,19)17-14-8-11(15)7-13(16)10(14)2/h3-8,17H,1-2H3. The zero-order chi connectivity index (χ0) is 14.9. The second-order valence-corrected chi connectivity index (χ2v) is 6.16. The van der Waals surface area contributed by atoms with Crippen LogP contribution in [0.5, 0.6) is 0 Å². The van der Waals surface area contributed by atoms with Gasteiger partial charge in [-0.25, -0.2) is 17.2 Å². The van der Waals surface area contributed by atoms with Gasteiger partial charge in [-0.1, -0.05) is 17.7 Å². The first-order valence-corrected chi connectivity index (χ1v) is 7.33. The van der Waals surface area contributed by atoms with Gasteiger partial charge in [0.15, 0.2) is 0 Å². The van der Waals surface area contributed by atoms with Gasteiger partial charge < -0.3 is 0 Å². The second kappa shape index (κ2) is 5.20. The van der Waals surface area contributed by atoms with Crippen LogP contribution in [0.1, 0.15) is 11.1 Å². The van der Waals surface area contributed by atoms with Crippen molar-refractivity contribution in [3.63, 3.8) is 0 Å². The van der Waals surface area contributed by atoms with E-state index in [4.69, 9.17) is 0 Å². The summed E-state index contributed by atoms with van der Waals surface area (Å²) in [6, 6.07) is 7.82. The Morgan fingerprint density at radius 1 is 1.00 bits per heavy atom. The molecule has 0 amide bonds. The maximum atomic E-state index is 13.4. The predicted molar refractivity (Wildman–Crippen MR) is 73.1 cm³/mol. The minimum absolute atomic E-state index is 0.0344. The number of sulfonamides is 1. The van der Waals surface area contributed by atoms with Crippen molar-refractivity contribution in [2.75, 3.05) is 4.72 Å². The van der Waals surface area contributed by atoms with Gasteiger partial charge in [0.2, 0.25) is 0 Å². The molecule has 0 atom stereocenters. The molecule has 0 saturated heterocycles. The fourth-order valence-corrected chi connectivity index (χ4v) is 2.79. The van der Waals surface area contributed by atoms with E-state index in [-0.39, 0.29) is 16.1 Å². The van der Waals surface area contributed by atoms with Gasteiger partial charge in [-0.2, -0.15) is 0 Å². The number of anilines is 1. The van der Waals surface area contributed by atoms with Gasteiger partial charge in [-0.3, -0.25) is 4.72 Å². The molecule has 0 heterocycles. The minimum Gasteiger partial charge on any atom is -0.279 e. The maximum Gasteiger partial charge on any atom is 0.261 e. The Hall–Kier alpha value is -1.95. The largest absolute Gasteiger partial charge is 0.279 e. The fourth-order valence-electron chi connectivity index (χ4n) is 1.67. The lowest BCUT2D eigenvalue weighted by Gasteiger charge is -2.11. The third-order valence-electron chi connectivity index (χ3n) is 2.88. The quantitative estimate of drug-likeness (QED) is 0.944. The van der Waals surface area contributed by atoms with Crippen LogP contribution in [0, 0.1) is 25.5 Å². The number of benzene rings is 2. The van der Waals surface area contributed by atoms with Gasteiger partial charge in [0.1, 0.15) is 11.6 Å². The molecular formula is C14H13F2NO2S. The minimum atomic E-state index is -3.87. The summed E-state index contributed by atoms with van der Waals surface area (Å²) >= 11 is 0. The Labute approximate surface area is 116 Å². The van der Waals surface area contributed by atoms with Crippen LogP contribution in [-0.4, -0.2) is 8.42 Å². The third kappa shape index (κ3) is 2.96. The van der Waals surface area contributed by atoms with Crippen molar-refractivity contribution in [3.05, 3.63) is 59.2 Å². The molecule has 0 saturated carbocycles. The van der Waals surface area contributed by atoms with Crippen molar-refractivity contribution in [1.29, 1.82) is 0 Å². The summed E-state index contributed by atoms with van der Waals surface area (Å²) in [6.07, 6.45) is 0. The molecule has 0 unspecified atom stereocenters. The molecule has 0 aliphatic rings. The monoisotopic (exact) mass is 297 g/mol. The van der Waals surface area contributed by atoms with E-state index in [1.165, 1.54) is 19.1 Å². The highest BCUT2D eigenvalue weighted by Gasteiger charge is 2.17. The molecular weight excluding hydrogens is 284 g/mol. The van der Waals surface area contributed by atoms with Crippen LogP contribution in [0.25, 0.3) is 0 Å². The Morgan fingerprint density at radius 2 is 1.60 bits per heavy atom. The van der Waals surface area contributed by atoms with Crippen molar-refractivity contribution in [3.8, 4) is 0 Å². The number of halogens is 2. The van der Waals surface area contributed by atoms with E-state index < -0.39 is 21.7 Å². The maximum absolute atomic E-state index is 13.4. The molecule has 2 aromatic carbocycles. The molecule has 0 aliphatic heterocycles. The smallest absolute Gasteiger partial charge is 0.261 e. The first kappa shape index (κ1) is 14.5. The van der Waals surface area contributed by atoms with Crippen LogP contribution >= 0.6 is 0 Å². The highest BCUT2D eigenvalue weighted by atomic mass is 32.2. The molecule has 106 valence electrons. The SMILES string of the molecule is Cc1ccc(S(=O)(=O)Nc2cc(F)cc(F)c2C)cc1. The van der Waals surface area contributed by atoms with Crippen LogP contribution in [-0.2, 0) is 10.0 Å². The first-order valence-electron chi connectivity index (χ1n) is 5.85. The van der Waals surface area contributed by atoms with Crippen LogP contribution in [0.15, 0.2) is 41.3 Å². The number of aryl methyl sites for hydroxylation is 1. The van der Waals surface area contributed by atoms with Crippen LogP contribution in [0.2, 0.25) is 0 Å². The van der Waals surface area contributed by atoms with E-state index >= 15 is 0 Å². The molecule has 20 heavy (non-hydrogen) atoms. The Balaban J connectivity index is 2.41. The summed E-state index contributed by atoms with van der Waals surface area (Å²) in [6.45, 7) is 3.21. The molecule has 0 aromatic heterocycles. The van der Waals surface area contributed by atoms with Gasteiger partial charge in [0.05, 0.1) is 10.6 Å². The molecule has 2 aromatic rings. The van der Waals surface area contributed by atoms with Gasteiger partial charge >= 0.3 is 0 Å². The van der Waals surface area contributed by atoms with Crippen molar-refractivity contribution < 1.29 is 17.2 Å². The van der Waals surface area contributed by atoms with Gasteiger partial charge in [-0.15, -0.1) is 0 Å². The van der Waals surface area contributed by atoms with E-state index in [0.29, 0.717) is 6.07 Å². The van der Waals surface area contributed by atoms with Crippen LogP contribution in [0.3, 0.4) is 0 Å². The van der Waals surface area contributed by atoms with E-state index in [1.54, 1.807) is 12.1 Å². The molecule has 3 nitrogen and oxygen atoms in total. The third-order valence-corrected chi connectivity index (χ3v) is 4.27. The molecule has 0 bridgehead atoms. The van der Waals surface area contributed by atoms with E-state index in [1.807, 2.05) is 6.92 Å². The summed E-state index contributed by atoms with van der Waals surface area (Å²) in [4.78, 5) is 0.0344. The Kier molecular flexibility index (Phi) is 3.76. The molecule has 1 N–H and O–H groups in total. The Bertz CT molecular complexity index is 741. The molecule has 0 aliphatic carbocycles. The normalized spacial score (nSPS) is 11.4. The van der Waals surface area contributed by atoms with Gasteiger partial charge in [0, 0.05) is 11.6 Å². The average Bonchev–Trinajstić information content (AvgIpc) is 2.35. The second-order valence-electron chi connectivity index (χ2n) is 4.48. The highest BCUT2D eigenvalue weighted by molar-refractivity contribution is 7.92. The molecule has 6 heteroatoms. The van der Waals surface area contributed by atoms with E-state index in [2.05, 4.69) is 4.72 Å². The summed E-state index contributed by atoms with van der Waals surface area (Å²) in [5, 5.41) is 0. The van der Waals surface area contributed by atoms with E-state index in [9.17, 15) is 17.2 Å². The number of hydrogen-bond donors (Lipinski definition) is 1. The molecule has 2 rings (SSSR count). The van der Waals surface area contributed by atoms with Crippen molar-refractivity contribution in [2.24, 2.45) is 0 Å². The molecule has 0 spiro atoms. The lowest BCUT2D eigenvalue weighted by atomic mass is 10.2. The number of nitrogens with one attached hydrogen (secondary N) is 1. The van der Waals surface area contributed by atoms with Crippen LogP contribution < -0.4 is 4.72 Å². The number of hydrogen-bond acceptors (Lipinski definition) is 2. The summed E-state index contributed by atoms with van der Waals surface area (Å²) in [5.41, 5.74) is 0.849. The van der Waals surface area contributed by atoms with Crippen molar-refractivity contribution in [1.82, 2.24) is 0 Å². The zero-order valence-electron chi connectivity index (χ0n) is 10.9. The molecule has 0 radical (unpaired) electrons. The van der Waals surface area contributed by atoms with Crippen molar-refractivity contribution in [2.45, 2.75) is 18.7 Å².